The second kappa shape index (κ2) is 4.10. The van der Waals surface area contributed by atoms with Gasteiger partial charge < -0.3 is 4.90 Å². The minimum atomic E-state index is -0.922. The molecule has 0 unspecified atom stereocenters. The maximum atomic E-state index is 12.9. The number of hydrogen-bond donors (Lipinski definition) is 0. The van der Waals surface area contributed by atoms with Gasteiger partial charge in [-0.25, -0.2) is 14.4 Å². The second-order valence-electron chi connectivity index (χ2n) is 3.36. The second-order valence-corrected chi connectivity index (χ2v) is 3.75. The number of rotatable bonds is 1. The average molecular weight is 230 g/mol. The summed E-state index contributed by atoms with van der Waals surface area (Å²) in [6.45, 7) is 0.577. The van der Waals surface area contributed by atoms with Crippen molar-refractivity contribution in [3.8, 4) is 0 Å². The molecule has 0 spiro atoms. The summed E-state index contributed by atoms with van der Waals surface area (Å²) in [5.41, 5.74) is 0.202. The fourth-order valence-corrected chi connectivity index (χ4v) is 1.58. The lowest BCUT2D eigenvalue weighted by Gasteiger charge is -2.13. The maximum absolute atomic E-state index is 12.9. The van der Waals surface area contributed by atoms with Crippen LogP contribution >= 0.6 is 11.6 Å². The van der Waals surface area contributed by atoms with Crippen molar-refractivity contribution in [2.24, 2.45) is 0 Å². The van der Waals surface area contributed by atoms with Crippen molar-refractivity contribution < 1.29 is 9.18 Å². The summed E-state index contributed by atoms with van der Waals surface area (Å²) >= 11 is 5.54. The van der Waals surface area contributed by atoms with Crippen molar-refractivity contribution in [1.29, 1.82) is 0 Å². The first-order valence-electron chi connectivity index (χ1n) is 4.57. The van der Waals surface area contributed by atoms with Gasteiger partial charge in [-0.2, -0.15) is 0 Å². The molecule has 0 N–H and O–H groups in total. The summed E-state index contributed by atoms with van der Waals surface area (Å²) in [7, 11) is 0. The largest absolute Gasteiger partial charge is 0.334 e. The minimum Gasteiger partial charge on any atom is -0.334 e. The summed E-state index contributed by atoms with van der Waals surface area (Å²) < 4.78 is 12.9. The number of hydrogen-bond acceptors (Lipinski definition) is 3. The fraction of sp³-hybridized carbons (Fsp3) is 0.444. The Morgan fingerprint density at radius 2 is 2.33 bits per heavy atom. The number of alkyl halides is 1. The highest BCUT2D eigenvalue weighted by Gasteiger charge is 2.27. The molecule has 15 heavy (non-hydrogen) atoms. The van der Waals surface area contributed by atoms with E-state index in [4.69, 9.17) is 11.6 Å². The molecule has 0 aromatic carbocycles. The first-order chi connectivity index (χ1) is 7.16. The van der Waals surface area contributed by atoms with E-state index in [0.29, 0.717) is 13.0 Å². The molecule has 1 aromatic heterocycles. The lowest BCUT2D eigenvalue weighted by atomic mass is 10.3. The number of likely N-dealkylation sites (tertiary alicyclic amines) is 1. The zero-order chi connectivity index (χ0) is 10.8. The van der Waals surface area contributed by atoms with Gasteiger partial charge in [0, 0.05) is 6.54 Å². The van der Waals surface area contributed by atoms with Crippen LogP contribution in [0.25, 0.3) is 0 Å². The zero-order valence-corrected chi connectivity index (χ0v) is 8.62. The lowest BCUT2D eigenvalue weighted by molar-refractivity contribution is 0.0776. The molecule has 0 bridgehead atoms. The molecule has 2 rings (SSSR count). The van der Waals surface area contributed by atoms with Gasteiger partial charge >= 0.3 is 0 Å². The first-order valence-corrected chi connectivity index (χ1v) is 4.95. The third-order valence-electron chi connectivity index (χ3n) is 2.26. The number of aromatic nitrogens is 2. The molecule has 80 valence electrons. The zero-order valence-electron chi connectivity index (χ0n) is 7.86. The Kier molecular flexibility index (Phi) is 2.81. The van der Waals surface area contributed by atoms with Crippen LogP contribution in [0, 0.1) is 0 Å². The Bertz CT molecular complexity index is 370. The van der Waals surface area contributed by atoms with Gasteiger partial charge in [-0.3, -0.25) is 4.79 Å². The van der Waals surface area contributed by atoms with Crippen LogP contribution in [0.5, 0.6) is 0 Å². The van der Waals surface area contributed by atoms with Crippen molar-refractivity contribution in [3.63, 3.8) is 0 Å². The molecule has 1 saturated heterocycles. The standard InChI is InChI=1S/C9H9ClFN3O/c10-8-4-12-7(3-13-8)9(15)14-2-1-6(11)5-14/h3-4,6H,1-2,5H2/t6-/m1/s1. The van der Waals surface area contributed by atoms with Gasteiger partial charge in [-0.15, -0.1) is 0 Å². The van der Waals surface area contributed by atoms with E-state index in [2.05, 4.69) is 9.97 Å². The Morgan fingerprint density at radius 1 is 1.53 bits per heavy atom. The van der Waals surface area contributed by atoms with E-state index in [1.807, 2.05) is 0 Å². The van der Waals surface area contributed by atoms with Crippen molar-refractivity contribution in [2.45, 2.75) is 12.6 Å². The van der Waals surface area contributed by atoms with Gasteiger partial charge in [0.15, 0.2) is 0 Å². The van der Waals surface area contributed by atoms with Gasteiger partial charge in [0.25, 0.3) is 5.91 Å². The van der Waals surface area contributed by atoms with Crippen LogP contribution in [-0.2, 0) is 0 Å². The third kappa shape index (κ3) is 2.23. The number of nitrogens with zero attached hydrogens (tertiary/aromatic N) is 3. The number of carbonyl (C=O) groups excluding carboxylic acids is 1. The van der Waals surface area contributed by atoms with Crippen molar-refractivity contribution in [1.82, 2.24) is 14.9 Å². The molecule has 2 heterocycles. The monoisotopic (exact) mass is 229 g/mol. The van der Waals surface area contributed by atoms with Gasteiger partial charge in [0.2, 0.25) is 0 Å². The van der Waals surface area contributed by atoms with E-state index < -0.39 is 6.17 Å². The van der Waals surface area contributed by atoms with Crippen molar-refractivity contribution in [3.05, 3.63) is 23.2 Å². The van der Waals surface area contributed by atoms with E-state index in [9.17, 15) is 9.18 Å². The van der Waals surface area contributed by atoms with Crippen molar-refractivity contribution in [2.75, 3.05) is 13.1 Å². The molecule has 0 radical (unpaired) electrons. The molecular formula is C9H9ClFN3O. The predicted octanol–water partition coefficient (Wildman–Crippen LogP) is 1.31. The van der Waals surface area contributed by atoms with Crippen molar-refractivity contribution >= 4 is 17.5 Å². The molecule has 4 nitrogen and oxygen atoms in total. The molecule has 0 aliphatic carbocycles. The van der Waals surface area contributed by atoms with Crippen LogP contribution in [0.3, 0.4) is 0 Å². The summed E-state index contributed by atoms with van der Waals surface area (Å²) in [5, 5.41) is 0.233. The molecule has 1 amide bonds. The van der Waals surface area contributed by atoms with Gasteiger partial charge in [-0.1, -0.05) is 11.6 Å². The predicted molar refractivity (Wildman–Crippen MR) is 52.5 cm³/mol. The van der Waals surface area contributed by atoms with Crippen LogP contribution in [0.4, 0.5) is 4.39 Å². The van der Waals surface area contributed by atoms with E-state index in [1.165, 1.54) is 17.3 Å². The van der Waals surface area contributed by atoms with E-state index >= 15 is 0 Å². The van der Waals surface area contributed by atoms with Crippen LogP contribution in [0.2, 0.25) is 5.15 Å². The van der Waals surface area contributed by atoms with Gasteiger partial charge in [0.05, 0.1) is 18.9 Å². The Morgan fingerprint density at radius 3 is 2.87 bits per heavy atom. The summed E-state index contributed by atoms with van der Waals surface area (Å²) in [5.74, 6) is -0.292. The Balaban J connectivity index is 2.11. The molecule has 1 fully saturated rings. The van der Waals surface area contributed by atoms with Crippen LogP contribution < -0.4 is 0 Å². The van der Waals surface area contributed by atoms with E-state index in [0.717, 1.165) is 0 Å². The summed E-state index contributed by atoms with van der Waals surface area (Å²) in [6, 6.07) is 0. The Labute approximate surface area is 91.1 Å². The Hall–Kier alpha value is -1.23. The highest BCUT2D eigenvalue weighted by Crippen LogP contribution is 2.14. The first kappa shape index (κ1) is 10.3. The van der Waals surface area contributed by atoms with Crippen LogP contribution in [0.15, 0.2) is 12.4 Å². The van der Waals surface area contributed by atoms with E-state index in [1.54, 1.807) is 0 Å². The van der Waals surface area contributed by atoms with E-state index in [-0.39, 0.29) is 23.3 Å². The summed E-state index contributed by atoms with van der Waals surface area (Å²) in [6.07, 6.45) is 2.08. The van der Waals surface area contributed by atoms with Gasteiger partial charge in [0.1, 0.15) is 17.0 Å². The normalized spacial score (nSPS) is 20.7. The van der Waals surface area contributed by atoms with Crippen LogP contribution in [-0.4, -0.2) is 40.0 Å². The molecular weight excluding hydrogens is 221 g/mol. The number of halogens is 2. The molecule has 1 aliphatic heterocycles. The topological polar surface area (TPSA) is 46.1 Å². The highest BCUT2D eigenvalue weighted by molar-refractivity contribution is 6.29. The SMILES string of the molecule is O=C(c1cnc(Cl)cn1)N1CC[C@@H](F)C1. The number of amides is 1. The highest BCUT2D eigenvalue weighted by atomic mass is 35.5. The number of carbonyl (C=O) groups is 1. The quantitative estimate of drug-likeness (QED) is 0.730. The smallest absolute Gasteiger partial charge is 0.274 e. The lowest BCUT2D eigenvalue weighted by Crippen LogP contribution is -2.29. The molecule has 1 atom stereocenters. The molecule has 6 heteroatoms. The molecule has 1 aliphatic rings. The van der Waals surface area contributed by atoms with Crippen LogP contribution in [0.1, 0.15) is 16.9 Å². The van der Waals surface area contributed by atoms with Gasteiger partial charge in [-0.05, 0) is 6.42 Å². The average Bonchev–Trinajstić information content (AvgIpc) is 2.65. The minimum absolute atomic E-state index is 0.142. The molecule has 0 saturated carbocycles. The maximum Gasteiger partial charge on any atom is 0.274 e. The molecule has 1 aromatic rings. The third-order valence-corrected chi connectivity index (χ3v) is 2.45. The fourth-order valence-electron chi connectivity index (χ4n) is 1.49. The summed E-state index contributed by atoms with van der Waals surface area (Å²) in [4.78, 5) is 20.7.